The summed E-state index contributed by atoms with van der Waals surface area (Å²) in [7, 11) is 1.41. The smallest absolute Gasteiger partial charge is 0.286 e. The Balaban J connectivity index is 1.52. The van der Waals surface area contributed by atoms with Crippen molar-refractivity contribution in [2.24, 2.45) is 0 Å². The van der Waals surface area contributed by atoms with Crippen LogP contribution in [0.3, 0.4) is 0 Å². The number of benzene rings is 2. The van der Waals surface area contributed by atoms with Crippen LogP contribution >= 0.6 is 11.3 Å². The molecular formula is C23H24N4O6S. The molecule has 2 heterocycles. The third-order valence-corrected chi connectivity index (χ3v) is 5.91. The van der Waals surface area contributed by atoms with E-state index in [0.29, 0.717) is 24.6 Å². The monoisotopic (exact) mass is 484 g/mol. The molecule has 11 heteroatoms. The largest absolute Gasteiger partial charge is 0.493 e. The summed E-state index contributed by atoms with van der Waals surface area (Å²) in [6, 6.07) is 9.95. The van der Waals surface area contributed by atoms with E-state index in [4.69, 9.17) is 14.2 Å². The number of nitrogens with one attached hydrogen (secondary N) is 1. The minimum Gasteiger partial charge on any atom is -0.493 e. The molecule has 34 heavy (non-hydrogen) atoms. The van der Waals surface area contributed by atoms with E-state index in [2.05, 4.69) is 15.2 Å². The second kappa shape index (κ2) is 11.1. The summed E-state index contributed by atoms with van der Waals surface area (Å²) >= 11 is 1.42. The molecule has 4 rings (SSSR count). The van der Waals surface area contributed by atoms with Crippen LogP contribution in [0.4, 0.5) is 11.4 Å². The number of ether oxygens (including phenoxy) is 3. The number of carbonyl (C=O) groups is 1. The average Bonchev–Trinajstić information content (AvgIpc) is 3.36. The average molecular weight is 485 g/mol. The molecule has 1 aliphatic heterocycles. The first-order valence-electron chi connectivity index (χ1n) is 10.6. The maximum Gasteiger partial charge on any atom is 0.286 e. The number of rotatable bonds is 9. The van der Waals surface area contributed by atoms with E-state index in [9.17, 15) is 14.9 Å². The van der Waals surface area contributed by atoms with E-state index in [1.165, 1.54) is 30.6 Å². The fourth-order valence-electron chi connectivity index (χ4n) is 3.58. The lowest BCUT2D eigenvalue weighted by molar-refractivity contribution is -0.385. The van der Waals surface area contributed by atoms with Gasteiger partial charge in [-0.1, -0.05) is 12.1 Å². The van der Waals surface area contributed by atoms with Crippen LogP contribution in [0.1, 0.15) is 21.6 Å². The van der Waals surface area contributed by atoms with Crippen LogP contribution in [0.25, 0.3) is 0 Å². The number of hydrogen-bond donors (Lipinski definition) is 1. The molecule has 2 aromatic carbocycles. The minimum atomic E-state index is -0.612. The van der Waals surface area contributed by atoms with Crippen molar-refractivity contribution in [3.8, 4) is 11.5 Å². The molecule has 0 bridgehead atoms. The standard InChI is InChI=1S/C23H24N4O6S/c1-31-21-10-19(20(27(29)30)11-22(21)33-13-18-14-34-15-24-18)23(28)25-17-4-2-3-16(9-17)12-26-5-7-32-8-6-26/h2-4,9-11,14-15H,5-8,12-13H2,1H3,(H,25,28). The van der Waals surface area contributed by atoms with Gasteiger partial charge in [-0.25, -0.2) is 4.98 Å². The van der Waals surface area contributed by atoms with E-state index in [1.807, 2.05) is 23.6 Å². The Labute approximate surface area is 200 Å². The fraction of sp³-hybridized carbons (Fsp3) is 0.304. The van der Waals surface area contributed by atoms with Crippen molar-refractivity contribution in [2.45, 2.75) is 13.2 Å². The summed E-state index contributed by atoms with van der Waals surface area (Å²) in [6.07, 6.45) is 0. The van der Waals surface area contributed by atoms with E-state index in [1.54, 1.807) is 11.6 Å². The number of methoxy groups -OCH3 is 1. The van der Waals surface area contributed by atoms with Gasteiger partial charge in [-0.3, -0.25) is 19.8 Å². The summed E-state index contributed by atoms with van der Waals surface area (Å²) in [4.78, 5) is 30.5. The summed E-state index contributed by atoms with van der Waals surface area (Å²) in [5.74, 6) is -0.238. The highest BCUT2D eigenvalue weighted by atomic mass is 32.1. The number of amides is 1. The summed E-state index contributed by atoms with van der Waals surface area (Å²) in [5.41, 5.74) is 3.43. The molecule has 1 amide bonds. The molecule has 1 N–H and O–H groups in total. The Bertz CT molecular complexity index is 1150. The number of nitro groups is 1. The molecule has 3 aromatic rings. The first kappa shape index (κ1) is 23.6. The van der Waals surface area contributed by atoms with Crippen LogP contribution < -0.4 is 14.8 Å². The number of carbonyl (C=O) groups excluding carboxylic acids is 1. The SMILES string of the molecule is COc1cc(C(=O)Nc2cccc(CN3CCOCC3)c2)c([N+](=O)[O-])cc1OCc1cscn1. The molecular weight excluding hydrogens is 460 g/mol. The highest BCUT2D eigenvalue weighted by molar-refractivity contribution is 7.07. The van der Waals surface area contributed by atoms with Gasteiger partial charge >= 0.3 is 0 Å². The van der Waals surface area contributed by atoms with Crippen LogP contribution in [0.15, 0.2) is 47.3 Å². The lowest BCUT2D eigenvalue weighted by atomic mass is 10.1. The molecule has 10 nitrogen and oxygen atoms in total. The highest BCUT2D eigenvalue weighted by Gasteiger charge is 2.25. The molecule has 1 fully saturated rings. The zero-order valence-corrected chi connectivity index (χ0v) is 19.4. The zero-order valence-electron chi connectivity index (χ0n) is 18.6. The van der Waals surface area contributed by atoms with Crippen molar-refractivity contribution in [1.29, 1.82) is 0 Å². The number of aromatic nitrogens is 1. The van der Waals surface area contributed by atoms with Gasteiger partial charge in [0, 0.05) is 36.8 Å². The Hall–Kier alpha value is -3.54. The fourth-order valence-corrected chi connectivity index (χ4v) is 4.12. The molecule has 1 saturated heterocycles. The van der Waals surface area contributed by atoms with Gasteiger partial charge in [-0.05, 0) is 17.7 Å². The lowest BCUT2D eigenvalue weighted by Crippen LogP contribution is -2.35. The Kier molecular flexibility index (Phi) is 7.68. The van der Waals surface area contributed by atoms with E-state index in [-0.39, 0.29) is 29.4 Å². The normalized spacial score (nSPS) is 13.9. The summed E-state index contributed by atoms with van der Waals surface area (Å²) in [6.45, 7) is 3.94. The summed E-state index contributed by atoms with van der Waals surface area (Å²) < 4.78 is 16.4. The molecule has 0 radical (unpaired) electrons. The maximum atomic E-state index is 13.0. The van der Waals surface area contributed by atoms with Gasteiger partial charge in [0.05, 0.1) is 42.5 Å². The third kappa shape index (κ3) is 5.87. The van der Waals surface area contributed by atoms with Crippen LogP contribution in [-0.2, 0) is 17.9 Å². The topological polar surface area (TPSA) is 116 Å². The number of morpholine rings is 1. The predicted molar refractivity (Wildman–Crippen MR) is 127 cm³/mol. The van der Waals surface area contributed by atoms with Crippen molar-refractivity contribution in [3.05, 3.63) is 74.2 Å². The van der Waals surface area contributed by atoms with Crippen LogP contribution in [0, 0.1) is 10.1 Å². The van der Waals surface area contributed by atoms with Crippen molar-refractivity contribution in [1.82, 2.24) is 9.88 Å². The van der Waals surface area contributed by atoms with Gasteiger partial charge in [0.25, 0.3) is 11.6 Å². The molecule has 1 aliphatic rings. The minimum absolute atomic E-state index is 0.124. The van der Waals surface area contributed by atoms with E-state index >= 15 is 0 Å². The number of thiazole rings is 1. The van der Waals surface area contributed by atoms with Crippen LogP contribution in [-0.4, -0.2) is 54.1 Å². The predicted octanol–water partition coefficient (Wildman–Crippen LogP) is 3.72. The molecule has 178 valence electrons. The number of nitrogens with zero attached hydrogens (tertiary/aromatic N) is 3. The maximum absolute atomic E-state index is 13.0. The van der Waals surface area contributed by atoms with Gasteiger partial charge in [0.1, 0.15) is 12.2 Å². The Morgan fingerprint density at radius 1 is 1.26 bits per heavy atom. The van der Waals surface area contributed by atoms with Gasteiger partial charge in [0.15, 0.2) is 11.5 Å². The van der Waals surface area contributed by atoms with Crippen molar-refractivity contribution in [2.75, 3.05) is 38.7 Å². The van der Waals surface area contributed by atoms with Crippen molar-refractivity contribution >= 4 is 28.6 Å². The summed E-state index contributed by atoms with van der Waals surface area (Å²) in [5, 5.41) is 16.3. The number of nitro benzene ring substituents is 1. The molecule has 0 unspecified atom stereocenters. The zero-order chi connectivity index (χ0) is 23.9. The molecule has 0 aliphatic carbocycles. The first-order chi connectivity index (χ1) is 16.5. The second-order valence-corrected chi connectivity index (χ2v) is 8.31. The molecule has 0 atom stereocenters. The quantitative estimate of drug-likeness (QED) is 0.361. The number of hydrogen-bond acceptors (Lipinski definition) is 9. The van der Waals surface area contributed by atoms with Gasteiger partial charge in [-0.2, -0.15) is 0 Å². The van der Waals surface area contributed by atoms with Crippen LogP contribution in [0.5, 0.6) is 11.5 Å². The molecule has 1 aromatic heterocycles. The first-order valence-corrected chi connectivity index (χ1v) is 11.5. The Morgan fingerprint density at radius 3 is 2.79 bits per heavy atom. The van der Waals surface area contributed by atoms with Crippen molar-refractivity contribution < 1.29 is 23.9 Å². The van der Waals surface area contributed by atoms with Gasteiger partial charge in [-0.15, -0.1) is 11.3 Å². The number of anilines is 1. The molecule has 0 saturated carbocycles. The Morgan fingerprint density at radius 2 is 2.09 bits per heavy atom. The second-order valence-electron chi connectivity index (χ2n) is 7.59. The lowest BCUT2D eigenvalue weighted by Gasteiger charge is -2.26. The highest BCUT2D eigenvalue weighted by Crippen LogP contribution is 2.35. The van der Waals surface area contributed by atoms with E-state index < -0.39 is 10.8 Å². The third-order valence-electron chi connectivity index (χ3n) is 5.28. The molecule has 0 spiro atoms. The van der Waals surface area contributed by atoms with Crippen LogP contribution in [0.2, 0.25) is 0 Å². The van der Waals surface area contributed by atoms with Crippen molar-refractivity contribution in [3.63, 3.8) is 0 Å². The van der Waals surface area contributed by atoms with E-state index in [0.717, 1.165) is 25.2 Å². The van der Waals surface area contributed by atoms with Gasteiger partial charge in [0.2, 0.25) is 0 Å². The van der Waals surface area contributed by atoms with Gasteiger partial charge < -0.3 is 19.5 Å².